The first-order chi connectivity index (χ1) is 15.2. The first-order valence-corrected chi connectivity index (χ1v) is 12.6. The quantitative estimate of drug-likeness (QED) is 0.229. The molecule has 0 heterocycles. The van der Waals surface area contributed by atoms with E-state index in [9.17, 15) is 23.4 Å². The van der Waals surface area contributed by atoms with Crippen molar-refractivity contribution in [2.75, 3.05) is 29.9 Å². The van der Waals surface area contributed by atoms with E-state index in [1.165, 1.54) is 12.1 Å². The van der Waals surface area contributed by atoms with Crippen LogP contribution in [-0.2, 0) is 21.2 Å². The number of anilines is 2. The number of amides is 1. The Labute approximate surface area is 190 Å². The maximum atomic E-state index is 11.5. The van der Waals surface area contributed by atoms with Crippen LogP contribution in [0, 0.1) is 0 Å². The molecule has 2 rings (SSSR count). The van der Waals surface area contributed by atoms with Gasteiger partial charge in [-0.1, -0.05) is 37.1 Å². The molecule has 8 nitrogen and oxygen atoms in total. The highest BCUT2D eigenvalue weighted by atomic mass is 32.2. The van der Waals surface area contributed by atoms with Crippen LogP contribution in [0.4, 0.5) is 11.4 Å². The summed E-state index contributed by atoms with van der Waals surface area (Å²) in [5, 5.41) is 26.3. The number of phenolic OH excluding ortho intramolecular Hbond substituents is 1. The molecule has 9 heteroatoms. The average Bonchev–Trinajstić information content (AvgIpc) is 2.75. The van der Waals surface area contributed by atoms with Gasteiger partial charge >= 0.3 is 0 Å². The van der Waals surface area contributed by atoms with Gasteiger partial charge in [0.1, 0.15) is 5.75 Å². The average molecular weight is 464 g/mol. The highest BCUT2D eigenvalue weighted by Gasteiger charge is 2.13. The van der Waals surface area contributed by atoms with E-state index in [-0.39, 0.29) is 23.9 Å². The third-order valence-corrected chi connectivity index (χ3v) is 5.67. The van der Waals surface area contributed by atoms with Gasteiger partial charge in [-0.3, -0.25) is 9.52 Å². The molecule has 0 aliphatic heterocycles. The van der Waals surface area contributed by atoms with Crippen molar-refractivity contribution < 1.29 is 23.4 Å². The maximum absolute atomic E-state index is 11.5. The Balaban J connectivity index is 1.90. The standard InChI is InChI=1S/C23H33N3O5S/c1-24-23(29)12-6-4-3-5-9-17-10-7-8-11-19(17)25-16-22(28)18-13-14-21(27)20(15-18)26-32(2,30)31/h7-8,10-11,13-15,22,25-28H,3-6,9,12,16H2,1-2H3,(H,24,29). The number of rotatable bonds is 13. The van der Waals surface area contributed by atoms with E-state index >= 15 is 0 Å². The number of phenols is 1. The van der Waals surface area contributed by atoms with Gasteiger partial charge in [-0.15, -0.1) is 0 Å². The van der Waals surface area contributed by atoms with Crippen molar-refractivity contribution >= 4 is 27.3 Å². The second kappa shape index (κ2) is 12.3. The molecule has 0 saturated carbocycles. The minimum atomic E-state index is -3.55. The number of hydrogen-bond acceptors (Lipinski definition) is 6. The topological polar surface area (TPSA) is 128 Å². The molecule has 1 atom stereocenters. The van der Waals surface area contributed by atoms with Crippen molar-refractivity contribution in [1.82, 2.24) is 5.32 Å². The van der Waals surface area contributed by atoms with E-state index < -0.39 is 16.1 Å². The second-order valence-corrected chi connectivity index (χ2v) is 9.54. The molecule has 0 aliphatic carbocycles. The number of benzene rings is 2. The van der Waals surface area contributed by atoms with E-state index in [4.69, 9.17) is 0 Å². The fourth-order valence-corrected chi connectivity index (χ4v) is 3.92. The molecular weight excluding hydrogens is 430 g/mol. The number of hydrogen-bond donors (Lipinski definition) is 5. The summed E-state index contributed by atoms with van der Waals surface area (Å²) in [5.41, 5.74) is 2.59. The van der Waals surface area contributed by atoms with Crippen molar-refractivity contribution in [3.05, 3.63) is 53.6 Å². The molecule has 0 spiro atoms. The van der Waals surface area contributed by atoms with Crippen LogP contribution in [0.25, 0.3) is 0 Å². The third kappa shape index (κ3) is 8.76. The Hall–Kier alpha value is -2.78. The molecule has 0 aromatic heterocycles. The Morgan fingerprint density at radius 3 is 2.47 bits per heavy atom. The Morgan fingerprint density at radius 1 is 1.03 bits per heavy atom. The summed E-state index contributed by atoms with van der Waals surface area (Å²) in [6.45, 7) is 0.228. The van der Waals surface area contributed by atoms with Crippen LogP contribution in [0.1, 0.15) is 49.3 Å². The molecule has 0 bridgehead atoms. The molecule has 2 aromatic carbocycles. The lowest BCUT2D eigenvalue weighted by atomic mass is 10.0. The maximum Gasteiger partial charge on any atom is 0.229 e. The zero-order chi connectivity index (χ0) is 23.6. The van der Waals surface area contributed by atoms with E-state index in [0.717, 1.165) is 49.6 Å². The van der Waals surface area contributed by atoms with Gasteiger partial charge in [0.2, 0.25) is 15.9 Å². The first kappa shape index (κ1) is 25.5. The number of sulfonamides is 1. The lowest BCUT2D eigenvalue weighted by Crippen LogP contribution is -2.16. The fourth-order valence-electron chi connectivity index (χ4n) is 3.36. The zero-order valence-electron chi connectivity index (χ0n) is 18.6. The predicted molar refractivity (Wildman–Crippen MR) is 127 cm³/mol. The summed E-state index contributed by atoms with van der Waals surface area (Å²) in [4.78, 5) is 11.3. The van der Waals surface area contributed by atoms with Crippen LogP contribution in [0.5, 0.6) is 5.75 Å². The molecule has 2 aromatic rings. The number of aliphatic hydroxyl groups is 1. The smallest absolute Gasteiger partial charge is 0.229 e. The SMILES string of the molecule is CNC(=O)CCCCCCc1ccccc1NCC(O)c1ccc(O)c(NS(C)(=O)=O)c1. The molecule has 0 aliphatic rings. The summed E-state index contributed by atoms with van der Waals surface area (Å²) in [6, 6.07) is 12.2. The molecule has 0 radical (unpaired) electrons. The van der Waals surface area contributed by atoms with Crippen LogP contribution < -0.4 is 15.4 Å². The van der Waals surface area contributed by atoms with Crippen LogP contribution in [0.2, 0.25) is 0 Å². The number of carbonyl (C=O) groups excluding carboxylic acids is 1. The van der Waals surface area contributed by atoms with E-state index in [2.05, 4.69) is 15.4 Å². The van der Waals surface area contributed by atoms with Crippen molar-refractivity contribution in [1.29, 1.82) is 0 Å². The molecule has 1 unspecified atom stereocenters. The van der Waals surface area contributed by atoms with Gasteiger partial charge in [0.15, 0.2) is 0 Å². The number of nitrogens with one attached hydrogen (secondary N) is 3. The molecule has 1 amide bonds. The van der Waals surface area contributed by atoms with Gasteiger partial charge in [0.05, 0.1) is 18.0 Å². The number of para-hydroxylation sites is 1. The van der Waals surface area contributed by atoms with Crippen molar-refractivity contribution in [3.8, 4) is 5.75 Å². The highest BCUT2D eigenvalue weighted by molar-refractivity contribution is 7.92. The summed E-state index contributed by atoms with van der Waals surface area (Å²) in [7, 11) is -1.90. The van der Waals surface area contributed by atoms with Crippen LogP contribution in [-0.4, -0.2) is 44.4 Å². The van der Waals surface area contributed by atoms with Crippen molar-refractivity contribution in [3.63, 3.8) is 0 Å². The summed E-state index contributed by atoms with van der Waals surface area (Å²) in [6.07, 6.45) is 5.49. The highest BCUT2D eigenvalue weighted by Crippen LogP contribution is 2.28. The lowest BCUT2D eigenvalue weighted by molar-refractivity contribution is -0.120. The number of unbranched alkanes of at least 4 members (excludes halogenated alkanes) is 3. The minimum Gasteiger partial charge on any atom is -0.506 e. The molecule has 0 fully saturated rings. The largest absolute Gasteiger partial charge is 0.506 e. The van der Waals surface area contributed by atoms with Gasteiger partial charge in [-0.05, 0) is 48.6 Å². The van der Waals surface area contributed by atoms with Crippen molar-refractivity contribution in [2.45, 2.75) is 44.6 Å². The van der Waals surface area contributed by atoms with E-state index in [1.807, 2.05) is 24.3 Å². The molecule has 0 saturated heterocycles. The Bertz CT molecular complexity index is 995. The normalized spacial score (nSPS) is 12.2. The molecular formula is C23H33N3O5S. The number of carbonyl (C=O) groups is 1. The van der Waals surface area contributed by atoms with Crippen LogP contribution in [0.3, 0.4) is 0 Å². The van der Waals surface area contributed by atoms with Gasteiger partial charge in [0.25, 0.3) is 0 Å². The van der Waals surface area contributed by atoms with Gasteiger partial charge < -0.3 is 20.8 Å². The number of aliphatic hydroxyl groups excluding tert-OH is 1. The molecule has 32 heavy (non-hydrogen) atoms. The first-order valence-electron chi connectivity index (χ1n) is 10.7. The molecule has 5 N–H and O–H groups in total. The van der Waals surface area contributed by atoms with Gasteiger partial charge in [-0.2, -0.15) is 0 Å². The Morgan fingerprint density at radius 2 is 1.75 bits per heavy atom. The predicted octanol–water partition coefficient (Wildman–Crippen LogP) is 3.15. The van der Waals surface area contributed by atoms with Gasteiger partial charge in [0, 0.05) is 25.7 Å². The van der Waals surface area contributed by atoms with Crippen molar-refractivity contribution in [2.24, 2.45) is 0 Å². The summed E-state index contributed by atoms with van der Waals surface area (Å²) < 4.78 is 25.2. The summed E-state index contributed by atoms with van der Waals surface area (Å²) >= 11 is 0. The van der Waals surface area contributed by atoms with E-state index in [1.54, 1.807) is 13.1 Å². The van der Waals surface area contributed by atoms with Gasteiger partial charge in [-0.25, -0.2) is 8.42 Å². The fraction of sp³-hybridized carbons (Fsp3) is 0.435. The lowest BCUT2D eigenvalue weighted by Gasteiger charge is -2.17. The molecule has 176 valence electrons. The number of aryl methyl sites for hydroxylation is 1. The zero-order valence-corrected chi connectivity index (χ0v) is 19.4. The van der Waals surface area contributed by atoms with E-state index in [0.29, 0.717) is 12.0 Å². The third-order valence-electron chi connectivity index (χ3n) is 5.08. The van der Waals surface area contributed by atoms with Crippen LogP contribution >= 0.6 is 0 Å². The second-order valence-electron chi connectivity index (χ2n) is 7.79. The summed E-state index contributed by atoms with van der Waals surface area (Å²) in [5.74, 6) is -0.133. The van der Waals surface area contributed by atoms with Crippen LogP contribution in [0.15, 0.2) is 42.5 Å². The monoisotopic (exact) mass is 463 g/mol. The number of aromatic hydroxyl groups is 1. The Kier molecular flexibility index (Phi) is 9.80. The minimum absolute atomic E-state index is 0.0286.